The second-order valence-corrected chi connectivity index (χ2v) is 11.3. The Morgan fingerprint density at radius 3 is 2.43 bits per heavy atom. The lowest BCUT2D eigenvalue weighted by Crippen LogP contribution is -2.32. The van der Waals surface area contributed by atoms with Crippen molar-refractivity contribution in [2.24, 2.45) is 5.92 Å². The van der Waals surface area contributed by atoms with Gasteiger partial charge in [-0.2, -0.15) is 0 Å². The van der Waals surface area contributed by atoms with Crippen LogP contribution in [0, 0.1) is 12.8 Å². The van der Waals surface area contributed by atoms with Gasteiger partial charge in [0.25, 0.3) is 0 Å². The van der Waals surface area contributed by atoms with E-state index >= 15 is 0 Å². The van der Waals surface area contributed by atoms with Gasteiger partial charge in [-0.15, -0.1) is 11.3 Å². The lowest BCUT2D eigenvalue weighted by atomic mass is 9.69. The van der Waals surface area contributed by atoms with E-state index in [4.69, 9.17) is 4.98 Å². The summed E-state index contributed by atoms with van der Waals surface area (Å²) in [6, 6.07) is 6.81. The zero-order chi connectivity index (χ0) is 20.3. The molecule has 0 bridgehead atoms. The zero-order valence-electron chi connectivity index (χ0n) is 18.4. The Morgan fingerprint density at radius 2 is 1.86 bits per heavy atom. The molecule has 150 valence electrons. The third-order valence-corrected chi connectivity index (χ3v) is 8.04. The third kappa shape index (κ3) is 3.54. The molecule has 2 aromatic rings. The van der Waals surface area contributed by atoms with Crippen LogP contribution in [-0.2, 0) is 10.8 Å². The van der Waals surface area contributed by atoms with E-state index in [9.17, 15) is 0 Å². The normalized spacial score (nSPS) is 19.9. The van der Waals surface area contributed by atoms with E-state index in [1.54, 1.807) is 0 Å². The van der Waals surface area contributed by atoms with E-state index in [-0.39, 0.29) is 10.8 Å². The Morgan fingerprint density at radius 1 is 1.18 bits per heavy atom. The largest absolute Gasteiger partial charge is 0.318 e. The first-order chi connectivity index (χ1) is 13.1. The van der Waals surface area contributed by atoms with Gasteiger partial charge < -0.3 is 4.90 Å². The smallest absolute Gasteiger partial charge is 0.190 e. The Kier molecular flexibility index (Phi) is 4.73. The summed E-state index contributed by atoms with van der Waals surface area (Å²) in [5, 5.41) is 1.18. The molecule has 0 amide bonds. The number of allylic oxidation sites excluding steroid dienone is 1. The lowest BCUT2D eigenvalue weighted by Gasteiger charge is -2.37. The van der Waals surface area contributed by atoms with Crippen LogP contribution in [0.2, 0.25) is 0 Å². The van der Waals surface area contributed by atoms with Gasteiger partial charge in [-0.1, -0.05) is 45.9 Å². The first kappa shape index (κ1) is 19.7. The van der Waals surface area contributed by atoms with E-state index in [1.165, 1.54) is 58.2 Å². The molecule has 28 heavy (non-hydrogen) atoms. The van der Waals surface area contributed by atoms with Crippen LogP contribution in [0.5, 0.6) is 0 Å². The Hall–Kier alpha value is -1.61. The van der Waals surface area contributed by atoms with Gasteiger partial charge >= 0.3 is 0 Å². The monoisotopic (exact) mass is 394 g/mol. The van der Waals surface area contributed by atoms with E-state index < -0.39 is 0 Å². The molecular formula is C25H34N2S. The number of rotatable bonds is 5. The van der Waals surface area contributed by atoms with E-state index in [1.807, 2.05) is 11.3 Å². The summed E-state index contributed by atoms with van der Waals surface area (Å²) >= 11 is 1.93. The predicted octanol–water partition coefficient (Wildman–Crippen LogP) is 7.38. The van der Waals surface area contributed by atoms with Crippen LogP contribution in [0.25, 0.3) is 5.57 Å². The van der Waals surface area contributed by atoms with Crippen molar-refractivity contribution in [2.75, 3.05) is 11.4 Å². The fourth-order valence-electron chi connectivity index (χ4n) is 4.35. The fourth-order valence-corrected chi connectivity index (χ4v) is 5.75. The fraction of sp³-hybridized carbons (Fsp3) is 0.560. The highest BCUT2D eigenvalue weighted by molar-refractivity contribution is 7.16. The molecule has 2 aliphatic carbocycles. The molecular weight excluding hydrogens is 360 g/mol. The summed E-state index contributed by atoms with van der Waals surface area (Å²) in [7, 11) is 0. The summed E-state index contributed by atoms with van der Waals surface area (Å²) in [6.07, 6.45) is 5.15. The number of aromatic nitrogens is 1. The number of nitrogens with zero attached hydrogens (tertiary/aromatic N) is 2. The van der Waals surface area contributed by atoms with Crippen LogP contribution in [-0.4, -0.2) is 11.5 Å². The van der Waals surface area contributed by atoms with Gasteiger partial charge in [0.15, 0.2) is 5.13 Å². The highest BCUT2D eigenvalue weighted by Gasteiger charge is 2.41. The van der Waals surface area contributed by atoms with Crippen LogP contribution < -0.4 is 4.90 Å². The minimum atomic E-state index is 0.171. The minimum absolute atomic E-state index is 0.171. The number of fused-ring (bicyclic) bond motifs is 1. The second-order valence-electron chi connectivity index (χ2n) is 10.3. The Balaban J connectivity index is 1.78. The molecule has 0 aliphatic heterocycles. The first-order valence-corrected chi connectivity index (χ1v) is 11.5. The van der Waals surface area contributed by atoms with Gasteiger partial charge in [0.2, 0.25) is 0 Å². The molecule has 0 radical (unpaired) electrons. The van der Waals surface area contributed by atoms with E-state index in [0.29, 0.717) is 0 Å². The Labute approximate surface area is 174 Å². The Bertz CT molecular complexity index is 881. The summed E-state index contributed by atoms with van der Waals surface area (Å²) < 4.78 is 0. The van der Waals surface area contributed by atoms with Gasteiger partial charge in [0.1, 0.15) is 0 Å². The minimum Gasteiger partial charge on any atom is -0.318 e. The summed E-state index contributed by atoms with van der Waals surface area (Å²) in [5.74, 6) is 0.808. The van der Waals surface area contributed by atoms with Crippen molar-refractivity contribution in [2.45, 2.75) is 78.1 Å². The first-order valence-electron chi connectivity index (χ1n) is 10.6. The van der Waals surface area contributed by atoms with E-state index in [0.717, 1.165) is 18.0 Å². The highest BCUT2D eigenvalue weighted by Crippen LogP contribution is 2.50. The molecule has 2 nitrogen and oxygen atoms in total. The maximum atomic E-state index is 5.27. The molecule has 1 heterocycles. The van der Waals surface area contributed by atoms with E-state index in [2.05, 4.69) is 71.2 Å². The van der Waals surface area contributed by atoms with Gasteiger partial charge in [0.05, 0.1) is 5.69 Å². The average Bonchev–Trinajstić information content (AvgIpc) is 3.31. The molecule has 0 N–H and O–H groups in total. The molecule has 1 saturated carbocycles. The molecule has 4 rings (SSSR count). The molecule has 0 atom stereocenters. The summed E-state index contributed by atoms with van der Waals surface area (Å²) in [4.78, 5) is 9.25. The SMILES string of the molecule is C=C(C)c1ccc(N(CC2CC2)c2nc3c(s2)C(C)(C)CCC3(C)C)cc1C. The highest BCUT2D eigenvalue weighted by atomic mass is 32.1. The average molecular weight is 395 g/mol. The van der Waals surface area contributed by atoms with Crippen molar-refractivity contribution in [3.63, 3.8) is 0 Å². The number of hydrogen-bond donors (Lipinski definition) is 0. The van der Waals surface area contributed by atoms with Gasteiger partial charge in [0, 0.05) is 27.9 Å². The van der Waals surface area contributed by atoms with Gasteiger partial charge in [-0.25, -0.2) is 4.98 Å². The van der Waals surface area contributed by atoms with Gasteiger partial charge in [-0.05, 0) is 68.7 Å². The van der Waals surface area contributed by atoms with Crippen molar-refractivity contribution in [1.82, 2.24) is 4.98 Å². The number of thiazole rings is 1. The van der Waals surface area contributed by atoms with Crippen LogP contribution in [0.1, 0.15) is 82.0 Å². The molecule has 0 saturated heterocycles. The predicted molar refractivity (Wildman–Crippen MR) is 123 cm³/mol. The van der Waals surface area contributed by atoms with Crippen molar-refractivity contribution >= 4 is 27.7 Å². The maximum absolute atomic E-state index is 5.27. The topological polar surface area (TPSA) is 16.1 Å². The number of anilines is 2. The molecule has 1 aromatic carbocycles. The third-order valence-electron chi connectivity index (χ3n) is 6.60. The quantitative estimate of drug-likeness (QED) is 0.526. The van der Waals surface area contributed by atoms with Crippen molar-refractivity contribution in [3.8, 4) is 0 Å². The van der Waals surface area contributed by atoms with Crippen LogP contribution >= 0.6 is 11.3 Å². The van der Waals surface area contributed by atoms with Crippen molar-refractivity contribution < 1.29 is 0 Å². The van der Waals surface area contributed by atoms with Crippen molar-refractivity contribution in [3.05, 3.63) is 46.5 Å². The number of benzene rings is 1. The second kappa shape index (κ2) is 6.73. The molecule has 0 spiro atoms. The van der Waals surface area contributed by atoms with Crippen LogP contribution in [0.4, 0.5) is 10.8 Å². The number of aryl methyl sites for hydroxylation is 1. The molecule has 3 heteroatoms. The van der Waals surface area contributed by atoms with Crippen LogP contribution in [0.15, 0.2) is 24.8 Å². The molecule has 0 unspecified atom stereocenters. The summed E-state index contributed by atoms with van der Waals surface area (Å²) in [5.41, 5.74) is 6.70. The molecule has 2 aliphatic rings. The maximum Gasteiger partial charge on any atom is 0.190 e. The lowest BCUT2D eigenvalue weighted by molar-refractivity contribution is 0.331. The van der Waals surface area contributed by atoms with Gasteiger partial charge in [-0.3, -0.25) is 0 Å². The molecule has 1 aromatic heterocycles. The van der Waals surface area contributed by atoms with Crippen molar-refractivity contribution in [1.29, 1.82) is 0 Å². The zero-order valence-corrected chi connectivity index (χ0v) is 19.2. The summed E-state index contributed by atoms with van der Waals surface area (Å²) in [6.45, 7) is 19.0. The van der Waals surface area contributed by atoms with Crippen LogP contribution in [0.3, 0.4) is 0 Å². The number of hydrogen-bond acceptors (Lipinski definition) is 3. The molecule has 1 fully saturated rings. The standard InChI is InChI=1S/C25H34N2S/c1-16(2)20-11-10-19(14-17(20)3)27(15-18-8-9-18)23-26-21-22(28-23)25(6,7)13-12-24(21,4)5/h10-11,14,18H,1,8-9,12-13,15H2,2-7H3.